The number of rotatable bonds is 4. The summed E-state index contributed by atoms with van der Waals surface area (Å²) in [4.78, 5) is 19.1. The van der Waals surface area contributed by atoms with Crippen molar-refractivity contribution in [2.24, 2.45) is 0 Å². The Labute approximate surface area is 124 Å². The zero-order valence-corrected chi connectivity index (χ0v) is 13.1. The molecule has 5 nitrogen and oxygen atoms in total. The van der Waals surface area contributed by atoms with Gasteiger partial charge in [-0.05, 0) is 19.8 Å². The maximum Gasteiger partial charge on any atom is 0.265 e. The zero-order chi connectivity index (χ0) is 14.5. The van der Waals surface area contributed by atoms with Crippen LogP contribution in [0.15, 0.2) is 0 Å². The summed E-state index contributed by atoms with van der Waals surface area (Å²) in [5.74, 6) is 0.277. The van der Waals surface area contributed by atoms with E-state index in [0.717, 1.165) is 24.5 Å². The third-order valence-corrected chi connectivity index (χ3v) is 5.02. The Balaban J connectivity index is 2.02. The summed E-state index contributed by atoms with van der Waals surface area (Å²) >= 11 is 1.37. The first-order chi connectivity index (χ1) is 9.61. The molecule has 1 aromatic heterocycles. The standard InChI is InChI=1S/C14H24N4OS/c1-3-18(2)14-17-12(15)11(20-14)13(19)16-10-8-6-4-5-7-9-10/h10H,3-9,15H2,1-2H3,(H,16,19). The first-order valence-corrected chi connectivity index (χ1v) is 8.21. The van der Waals surface area contributed by atoms with Gasteiger partial charge in [-0.2, -0.15) is 0 Å². The van der Waals surface area contributed by atoms with E-state index in [1.165, 1.54) is 37.0 Å². The number of carbonyl (C=O) groups is 1. The number of aromatic nitrogens is 1. The molecule has 20 heavy (non-hydrogen) atoms. The van der Waals surface area contributed by atoms with Gasteiger partial charge in [0.2, 0.25) is 0 Å². The third-order valence-electron chi connectivity index (χ3n) is 3.84. The number of nitrogens with zero attached hydrogens (tertiary/aromatic N) is 2. The van der Waals surface area contributed by atoms with Gasteiger partial charge < -0.3 is 16.0 Å². The molecular weight excluding hydrogens is 272 g/mol. The molecule has 6 heteroatoms. The number of hydrogen-bond donors (Lipinski definition) is 2. The predicted octanol–water partition coefficient (Wildman–Crippen LogP) is 2.63. The highest BCUT2D eigenvalue weighted by atomic mass is 32.1. The maximum absolute atomic E-state index is 12.3. The van der Waals surface area contributed by atoms with E-state index in [4.69, 9.17) is 5.73 Å². The molecule has 112 valence electrons. The molecule has 0 radical (unpaired) electrons. The highest BCUT2D eigenvalue weighted by Crippen LogP contribution is 2.27. The van der Waals surface area contributed by atoms with Crippen molar-refractivity contribution in [2.75, 3.05) is 24.2 Å². The summed E-state index contributed by atoms with van der Waals surface area (Å²) in [6, 6.07) is 0.291. The van der Waals surface area contributed by atoms with E-state index in [-0.39, 0.29) is 5.91 Å². The SMILES string of the molecule is CCN(C)c1nc(N)c(C(=O)NC2CCCCCC2)s1. The lowest BCUT2D eigenvalue weighted by Crippen LogP contribution is -2.34. The highest BCUT2D eigenvalue weighted by Gasteiger charge is 2.21. The summed E-state index contributed by atoms with van der Waals surface area (Å²) in [5, 5.41) is 3.92. The molecule has 0 unspecified atom stereocenters. The smallest absolute Gasteiger partial charge is 0.265 e. The lowest BCUT2D eigenvalue weighted by molar-refractivity contribution is 0.0938. The van der Waals surface area contributed by atoms with Crippen LogP contribution in [0.3, 0.4) is 0 Å². The Morgan fingerprint density at radius 2 is 2.05 bits per heavy atom. The first-order valence-electron chi connectivity index (χ1n) is 7.40. The quantitative estimate of drug-likeness (QED) is 0.838. The number of anilines is 2. The Morgan fingerprint density at radius 1 is 1.40 bits per heavy atom. The molecule has 0 saturated heterocycles. The van der Waals surface area contributed by atoms with Crippen molar-refractivity contribution in [1.29, 1.82) is 0 Å². The number of hydrogen-bond acceptors (Lipinski definition) is 5. The molecule has 0 spiro atoms. The van der Waals surface area contributed by atoms with Crippen LogP contribution in [0.5, 0.6) is 0 Å². The van der Waals surface area contributed by atoms with Crippen molar-refractivity contribution in [3.8, 4) is 0 Å². The lowest BCUT2D eigenvalue weighted by atomic mass is 10.1. The Bertz CT molecular complexity index is 452. The number of nitrogens with one attached hydrogen (secondary N) is 1. The fourth-order valence-corrected chi connectivity index (χ4v) is 3.37. The first kappa shape index (κ1) is 15.1. The van der Waals surface area contributed by atoms with E-state index in [0.29, 0.717) is 16.7 Å². The molecule has 3 N–H and O–H groups in total. The van der Waals surface area contributed by atoms with E-state index >= 15 is 0 Å². The Kier molecular flexibility index (Phi) is 5.23. The average molecular weight is 296 g/mol. The Morgan fingerprint density at radius 3 is 2.65 bits per heavy atom. The normalized spacial score (nSPS) is 16.7. The fraction of sp³-hybridized carbons (Fsp3) is 0.714. The van der Waals surface area contributed by atoms with Gasteiger partial charge in [0.15, 0.2) is 5.13 Å². The van der Waals surface area contributed by atoms with Gasteiger partial charge in [0.1, 0.15) is 10.7 Å². The molecule has 2 rings (SSSR count). The molecule has 0 bridgehead atoms. The van der Waals surface area contributed by atoms with Crippen LogP contribution in [0.25, 0.3) is 0 Å². The molecule has 1 aliphatic carbocycles. The summed E-state index contributed by atoms with van der Waals surface area (Å²) in [7, 11) is 1.95. The summed E-state index contributed by atoms with van der Waals surface area (Å²) in [5.41, 5.74) is 5.88. The van der Waals surface area contributed by atoms with Gasteiger partial charge in [0.05, 0.1) is 0 Å². The van der Waals surface area contributed by atoms with Crippen LogP contribution in [0, 0.1) is 0 Å². The Hall–Kier alpha value is -1.30. The largest absolute Gasteiger partial charge is 0.382 e. The number of nitrogens with two attached hydrogens (primary N) is 1. The minimum atomic E-state index is -0.0670. The molecular formula is C14H24N4OS. The third kappa shape index (κ3) is 3.62. The number of nitrogen functional groups attached to an aromatic ring is 1. The summed E-state index contributed by atoms with van der Waals surface area (Å²) in [6.07, 6.45) is 7.11. The van der Waals surface area contributed by atoms with Gasteiger partial charge in [-0.3, -0.25) is 4.79 Å². The van der Waals surface area contributed by atoms with Gasteiger partial charge >= 0.3 is 0 Å². The van der Waals surface area contributed by atoms with Gasteiger partial charge in [-0.1, -0.05) is 37.0 Å². The maximum atomic E-state index is 12.3. The van der Waals surface area contributed by atoms with Crippen molar-refractivity contribution in [3.05, 3.63) is 4.88 Å². The fourth-order valence-electron chi connectivity index (χ4n) is 2.46. The molecule has 1 saturated carbocycles. The molecule has 0 aromatic carbocycles. The van der Waals surface area contributed by atoms with E-state index in [2.05, 4.69) is 10.3 Å². The van der Waals surface area contributed by atoms with Crippen LogP contribution >= 0.6 is 11.3 Å². The second kappa shape index (κ2) is 6.92. The van der Waals surface area contributed by atoms with Crippen LogP contribution in [0.4, 0.5) is 10.9 Å². The number of thiazole rings is 1. The number of amides is 1. The molecule has 1 fully saturated rings. The van der Waals surface area contributed by atoms with Crippen molar-refractivity contribution in [1.82, 2.24) is 10.3 Å². The molecule has 1 amide bonds. The molecule has 1 heterocycles. The van der Waals surface area contributed by atoms with Crippen molar-refractivity contribution >= 4 is 28.2 Å². The second-order valence-corrected chi connectivity index (χ2v) is 6.36. The van der Waals surface area contributed by atoms with Crippen molar-refractivity contribution < 1.29 is 4.79 Å². The molecule has 0 aliphatic heterocycles. The minimum absolute atomic E-state index is 0.0670. The zero-order valence-electron chi connectivity index (χ0n) is 12.3. The van der Waals surface area contributed by atoms with Crippen LogP contribution in [-0.4, -0.2) is 30.5 Å². The summed E-state index contributed by atoms with van der Waals surface area (Å²) < 4.78 is 0. The predicted molar refractivity (Wildman–Crippen MR) is 84.4 cm³/mol. The molecule has 1 aromatic rings. The lowest BCUT2D eigenvalue weighted by Gasteiger charge is -2.15. The number of carbonyl (C=O) groups excluding carboxylic acids is 1. The van der Waals surface area contributed by atoms with Crippen molar-refractivity contribution in [3.63, 3.8) is 0 Å². The molecule has 0 atom stereocenters. The van der Waals surface area contributed by atoms with Gasteiger partial charge in [0, 0.05) is 19.6 Å². The van der Waals surface area contributed by atoms with E-state index < -0.39 is 0 Å². The van der Waals surface area contributed by atoms with E-state index in [9.17, 15) is 4.79 Å². The van der Waals surface area contributed by atoms with Crippen molar-refractivity contribution in [2.45, 2.75) is 51.5 Å². The van der Waals surface area contributed by atoms with Crippen LogP contribution < -0.4 is 16.0 Å². The van der Waals surface area contributed by atoms with Gasteiger partial charge in [-0.15, -0.1) is 0 Å². The molecule has 1 aliphatic rings. The summed E-state index contributed by atoms with van der Waals surface area (Å²) in [6.45, 7) is 2.89. The highest BCUT2D eigenvalue weighted by molar-refractivity contribution is 7.18. The van der Waals surface area contributed by atoms with E-state index in [1.807, 2.05) is 18.9 Å². The van der Waals surface area contributed by atoms with Crippen LogP contribution in [-0.2, 0) is 0 Å². The van der Waals surface area contributed by atoms with Crippen LogP contribution in [0.1, 0.15) is 55.1 Å². The average Bonchev–Trinajstić information content (AvgIpc) is 2.65. The topological polar surface area (TPSA) is 71.2 Å². The minimum Gasteiger partial charge on any atom is -0.382 e. The monoisotopic (exact) mass is 296 g/mol. The van der Waals surface area contributed by atoms with E-state index in [1.54, 1.807) is 0 Å². The van der Waals surface area contributed by atoms with Gasteiger partial charge in [-0.25, -0.2) is 4.98 Å². The van der Waals surface area contributed by atoms with Gasteiger partial charge in [0.25, 0.3) is 5.91 Å². The van der Waals surface area contributed by atoms with Crippen LogP contribution in [0.2, 0.25) is 0 Å². The second-order valence-electron chi connectivity index (χ2n) is 5.39.